The Morgan fingerprint density at radius 1 is 1.16 bits per heavy atom. The van der Waals surface area contributed by atoms with Crippen molar-refractivity contribution in [3.63, 3.8) is 0 Å². The summed E-state index contributed by atoms with van der Waals surface area (Å²) < 4.78 is 12.5. The normalized spacial score (nSPS) is 12.6. The van der Waals surface area contributed by atoms with Crippen LogP contribution in [0.4, 0.5) is 0 Å². The van der Waals surface area contributed by atoms with Crippen molar-refractivity contribution in [3.8, 4) is 11.5 Å². The van der Waals surface area contributed by atoms with E-state index in [1.165, 1.54) is 0 Å². The summed E-state index contributed by atoms with van der Waals surface area (Å²) in [5, 5.41) is 4.62. The summed E-state index contributed by atoms with van der Waals surface area (Å²) >= 11 is 6.04. The van der Waals surface area contributed by atoms with Crippen LogP contribution in [0.2, 0.25) is 5.02 Å². The van der Waals surface area contributed by atoms with Crippen molar-refractivity contribution in [2.24, 2.45) is 7.05 Å². The number of ether oxygens (including phenoxy) is 2. The molecular formula is C19H17ClN2O3. The molecule has 25 heavy (non-hydrogen) atoms. The smallest absolute Gasteiger partial charge is 0.267 e. The zero-order chi connectivity index (χ0) is 17.4. The summed E-state index contributed by atoms with van der Waals surface area (Å²) in [5.74, 6) is 1.42. The molecule has 0 radical (unpaired) electrons. The van der Waals surface area contributed by atoms with Crippen LogP contribution in [0.1, 0.15) is 16.1 Å². The van der Waals surface area contributed by atoms with E-state index >= 15 is 0 Å². The third-order valence-corrected chi connectivity index (χ3v) is 4.61. The molecule has 0 bridgehead atoms. The summed E-state index contributed by atoms with van der Waals surface area (Å²) in [4.78, 5) is 12.5. The summed E-state index contributed by atoms with van der Waals surface area (Å²) in [6, 6.07) is 13.3. The largest absolute Gasteiger partial charge is 0.454 e. The zero-order valence-corrected chi connectivity index (χ0v) is 14.5. The lowest BCUT2D eigenvalue weighted by atomic mass is 10.1. The minimum Gasteiger partial charge on any atom is -0.454 e. The van der Waals surface area contributed by atoms with Crippen molar-refractivity contribution in [1.82, 2.24) is 9.88 Å². The third kappa shape index (κ3) is 3.03. The SMILES string of the molecule is Cn1c(C(=O)NCCc2ccc3c(c2)OCO3)cc2ccc(Cl)cc21. The maximum absolute atomic E-state index is 12.5. The minimum atomic E-state index is -0.101. The fraction of sp³-hybridized carbons (Fsp3) is 0.211. The fourth-order valence-corrected chi connectivity index (χ4v) is 3.19. The molecule has 1 amide bonds. The first-order valence-corrected chi connectivity index (χ1v) is 8.41. The van der Waals surface area contributed by atoms with Gasteiger partial charge in [0, 0.05) is 29.5 Å². The number of aryl methyl sites for hydroxylation is 1. The van der Waals surface area contributed by atoms with Gasteiger partial charge in [0.15, 0.2) is 11.5 Å². The van der Waals surface area contributed by atoms with E-state index in [1.807, 2.05) is 54.1 Å². The molecule has 0 saturated heterocycles. The third-order valence-electron chi connectivity index (χ3n) is 4.38. The van der Waals surface area contributed by atoms with Crippen molar-refractivity contribution in [3.05, 3.63) is 58.7 Å². The Morgan fingerprint density at radius 2 is 2.00 bits per heavy atom. The Morgan fingerprint density at radius 3 is 2.88 bits per heavy atom. The number of amides is 1. The monoisotopic (exact) mass is 356 g/mol. The molecule has 0 fully saturated rings. The number of hydrogen-bond acceptors (Lipinski definition) is 3. The van der Waals surface area contributed by atoms with Gasteiger partial charge in [0.25, 0.3) is 5.91 Å². The van der Waals surface area contributed by atoms with E-state index in [0.717, 1.165) is 34.4 Å². The van der Waals surface area contributed by atoms with Gasteiger partial charge in [-0.2, -0.15) is 0 Å². The average molecular weight is 357 g/mol. The highest BCUT2D eigenvalue weighted by molar-refractivity contribution is 6.31. The van der Waals surface area contributed by atoms with Crippen LogP contribution in [0.25, 0.3) is 10.9 Å². The van der Waals surface area contributed by atoms with E-state index in [1.54, 1.807) is 0 Å². The molecule has 0 saturated carbocycles. The van der Waals surface area contributed by atoms with E-state index < -0.39 is 0 Å². The second-order valence-electron chi connectivity index (χ2n) is 5.99. The minimum absolute atomic E-state index is 0.101. The highest BCUT2D eigenvalue weighted by atomic mass is 35.5. The number of carbonyl (C=O) groups excluding carboxylic acids is 1. The van der Waals surface area contributed by atoms with Crippen LogP contribution in [-0.4, -0.2) is 23.8 Å². The molecule has 0 aliphatic carbocycles. The van der Waals surface area contributed by atoms with Gasteiger partial charge in [0.05, 0.1) is 0 Å². The van der Waals surface area contributed by atoms with Crippen molar-refractivity contribution >= 4 is 28.4 Å². The molecule has 1 aromatic heterocycles. The Labute approximate surface area is 150 Å². The highest BCUT2D eigenvalue weighted by Crippen LogP contribution is 2.32. The topological polar surface area (TPSA) is 52.5 Å². The van der Waals surface area contributed by atoms with Crippen molar-refractivity contribution in [1.29, 1.82) is 0 Å². The molecule has 3 aromatic rings. The summed E-state index contributed by atoms with van der Waals surface area (Å²) in [6.07, 6.45) is 0.720. The predicted molar refractivity (Wildman–Crippen MR) is 96.5 cm³/mol. The van der Waals surface area contributed by atoms with Gasteiger partial charge in [-0.05, 0) is 42.3 Å². The Balaban J connectivity index is 1.43. The molecule has 2 heterocycles. The number of benzene rings is 2. The molecule has 0 unspecified atom stereocenters. The van der Waals surface area contributed by atoms with Gasteiger partial charge in [-0.3, -0.25) is 4.79 Å². The molecule has 4 rings (SSSR count). The number of halogens is 1. The lowest BCUT2D eigenvalue weighted by Gasteiger charge is -2.07. The van der Waals surface area contributed by atoms with Crippen LogP contribution in [0, 0.1) is 0 Å². The van der Waals surface area contributed by atoms with Gasteiger partial charge < -0.3 is 19.4 Å². The molecule has 1 aliphatic heterocycles. The van der Waals surface area contributed by atoms with E-state index in [-0.39, 0.29) is 12.7 Å². The van der Waals surface area contributed by atoms with Crippen molar-refractivity contribution < 1.29 is 14.3 Å². The van der Waals surface area contributed by atoms with Crippen LogP contribution in [0.5, 0.6) is 11.5 Å². The maximum Gasteiger partial charge on any atom is 0.267 e. The van der Waals surface area contributed by atoms with Crippen LogP contribution in [0.3, 0.4) is 0 Å². The quantitative estimate of drug-likeness (QED) is 0.778. The van der Waals surface area contributed by atoms with Crippen LogP contribution < -0.4 is 14.8 Å². The fourth-order valence-electron chi connectivity index (χ4n) is 3.03. The molecule has 0 spiro atoms. The first-order valence-electron chi connectivity index (χ1n) is 8.03. The number of nitrogens with zero attached hydrogens (tertiary/aromatic N) is 1. The van der Waals surface area contributed by atoms with Crippen LogP contribution in [0.15, 0.2) is 42.5 Å². The Bertz CT molecular complexity index is 965. The lowest BCUT2D eigenvalue weighted by Crippen LogP contribution is -2.27. The standard InChI is InChI=1S/C19H17ClN2O3/c1-22-15-10-14(20)4-3-13(15)9-16(22)19(23)21-7-6-12-2-5-17-18(8-12)25-11-24-17/h2-5,8-10H,6-7,11H2,1H3,(H,21,23). The number of carbonyl (C=O) groups is 1. The van der Waals surface area contributed by atoms with Gasteiger partial charge in [0.2, 0.25) is 6.79 Å². The average Bonchev–Trinajstić information content (AvgIpc) is 3.19. The van der Waals surface area contributed by atoms with Crippen LogP contribution in [-0.2, 0) is 13.5 Å². The van der Waals surface area contributed by atoms with Gasteiger partial charge in [0.1, 0.15) is 5.69 Å². The number of hydrogen-bond donors (Lipinski definition) is 1. The zero-order valence-electron chi connectivity index (χ0n) is 13.7. The lowest BCUT2D eigenvalue weighted by molar-refractivity contribution is 0.0946. The van der Waals surface area contributed by atoms with Crippen LogP contribution >= 0.6 is 11.6 Å². The van der Waals surface area contributed by atoms with Gasteiger partial charge in [-0.15, -0.1) is 0 Å². The number of rotatable bonds is 4. The maximum atomic E-state index is 12.5. The Kier molecular flexibility index (Phi) is 4.01. The first kappa shape index (κ1) is 15.8. The van der Waals surface area contributed by atoms with E-state index in [0.29, 0.717) is 17.3 Å². The molecule has 1 aliphatic rings. The summed E-state index contributed by atoms with van der Waals surface area (Å²) in [5.41, 5.74) is 2.64. The Hall–Kier alpha value is -2.66. The van der Waals surface area contributed by atoms with Crippen molar-refractivity contribution in [2.45, 2.75) is 6.42 Å². The van der Waals surface area contributed by atoms with E-state index in [4.69, 9.17) is 21.1 Å². The molecule has 1 N–H and O–H groups in total. The molecule has 128 valence electrons. The number of fused-ring (bicyclic) bond motifs is 2. The first-order chi connectivity index (χ1) is 12.1. The summed E-state index contributed by atoms with van der Waals surface area (Å²) in [7, 11) is 1.87. The molecular weight excluding hydrogens is 340 g/mol. The molecule has 5 nitrogen and oxygen atoms in total. The molecule has 2 aromatic carbocycles. The van der Waals surface area contributed by atoms with Crippen molar-refractivity contribution in [2.75, 3.05) is 13.3 Å². The van der Waals surface area contributed by atoms with E-state index in [9.17, 15) is 4.79 Å². The molecule has 6 heteroatoms. The van der Waals surface area contributed by atoms with Gasteiger partial charge >= 0.3 is 0 Å². The summed E-state index contributed by atoms with van der Waals surface area (Å²) in [6.45, 7) is 0.807. The van der Waals surface area contributed by atoms with Gasteiger partial charge in [-0.1, -0.05) is 23.7 Å². The number of aromatic nitrogens is 1. The van der Waals surface area contributed by atoms with Gasteiger partial charge in [-0.25, -0.2) is 0 Å². The second-order valence-corrected chi connectivity index (χ2v) is 6.42. The molecule has 0 atom stereocenters. The van der Waals surface area contributed by atoms with E-state index in [2.05, 4.69) is 5.32 Å². The number of nitrogens with one attached hydrogen (secondary N) is 1. The highest BCUT2D eigenvalue weighted by Gasteiger charge is 2.15. The second kappa shape index (κ2) is 6.33. The predicted octanol–water partition coefficient (Wildman–Crippen LogP) is 3.53.